The molecule has 160 valence electrons. The molecule has 2 rings (SSSR count). The van der Waals surface area contributed by atoms with Gasteiger partial charge in [0, 0.05) is 28.0 Å². The number of nitrogens with one attached hydrogen (secondary N) is 2. The normalized spacial score (nSPS) is 10.3. The molecule has 0 unspecified atom stereocenters. The fourth-order valence-electron chi connectivity index (χ4n) is 2.37. The van der Waals surface area contributed by atoms with E-state index in [1.807, 2.05) is 0 Å². The number of methoxy groups -OCH3 is 1. The van der Waals surface area contributed by atoms with Crippen molar-refractivity contribution < 1.29 is 23.9 Å². The Labute approximate surface area is 192 Å². The highest BCUT2D eigenvalue weighted by Gasteiger charge is 2.12. The molecule has 0 aliphatic heterocycles. The van der Waals surface area contributed by atoms with Crippen molar-refractivity contribution in [2.75, 3.05) is 24.4 Å². The van der Waals surface area contributed by atoms with Gasteiger partial charge >= 0.3 is 5.97 Å². The van der Waals surface area contributed by atoms with Crippen molar-refractivity contribution in [2.24, 2.45) is 0 Å². The van der Waals surface area contributed by atoms with E-state index in [1.165, 1.54) is 7.11 Å². The Kier molecular flexibility index (Phi) is 9.42. The fraction of sp³-hybridized carbons (Fsp3) is 0.250. The Morgan fingerprint density at radius 1 is 1.00 bits per heavy atom. The Morgan fingerprint density at radius 2 is 1.77 bits per heavy atom. The zero-order chi connectivity index (χ0) is 22.1. The van der Waals surface area contributed by atoms with Gasteiger partial charge in [0.1, 0.15) is 5.75 Å². The lowest BCUT2D eigenvalue weighted by molar-refractivity contribution is -0.147. The highest BCUT2D eigenvalue weighted by molar-refractivity contribution is 9.10. The topological polar surface area (TPSA) is 93.7 Å². The standard InChI is InChI=1S/C20H19BrCl2N2O5/c1-29-17-8-5-12(22)9-16(17)25-18(26)3-2-4-20(28)30-11-19(27)24-13-6-7-14(21)15(23)10-13/h5-10H,2-4,11H2,1H3,(H,24,27)(H,25,26). The first-order valence-corrected chi connectivity index (χ1v) is 10.4. The molecule has 2 aromatic carbocycles. The maximum absolute atomic E-state index is 12.1. The second-order valence-corrected chi connectivity index (χ2v) is 7.78. The molecule has 0 aromatic heterocycles. The smallest absolute Gasteiger partial charge is 0.306 e. The van der Waals surface area contributed by atoms with E-state index < -0.39 is 18.5 Å². The molecule has 0 fully saturated rings. The third-order valence-electron chi connectivity index (χ3n) is 3.79. The van der Waals surface area contributed by atoms with Crippen molar-refractivity contribution >= 4 is 68.3 Å². The highest BCUT2D eigenvalue weighted by atomic mass is 79.9. The van der Waals surface area contributed by atoms with Crippen LogP contribution in [0.2, 0.25) is 10.0 Å². The number of ether oxygens (including phenoxy) is 2. The lowest BCUT2D eigenvalue weighted by Gasteiger charge is -2.10. The average molecular weight is 518 g/mol. The van der Waals surface area contributed by atoms with E-state index in [0.717, 1.165) is 0 Å². The summed E-state index contributed by atoms with van der Waals surface area (Å²) in [4.78, 5) is 35.7. The van der Waals surface area contributed by atoms with E-state index in [4.69, 9.17) is 32.7 Å². The minimum atomic E-state index is -0.577. The summed E-state index contributed by atoms with van der Waals surface area (Å²) in [5.74, 6) is -0.891. The number of benzene rings is 2. The number of hydrogen-bond acceptors (Lipinski definition) is 5. The maximum atomic E-state index is 12.1. The van der Waals surface area contributed by atoms with Gasteiger partial charge in [0.2, 0.25) is 5.91 Å². The summed E-state index contributed by atoms with van der Waals surface area (Å²) in [5.41, 5.74) is 0.930. The van der Waals surface area contributed by atoms with Gasteiger partial charge in [-0.3, -0.25) is 14.4 Å². The molecule has 7 nitrogen and oxygen atoms in total. The van der Waals surface area contributed by atoms with Crippen molar-refractivity contribution in [3.05, 3.63) is 50.9 Å². The van der Waals surface area contributed by atoms with Gasteiger partial charge in [0.15, 0.2) is 6.61 Å². The minimum absolute atomic E-state index is 0.00249. The van der Waals surface area contributed by atoms with Gasteiger partial charge < -0.3 is 20.1 Å². The van der Waals surface area contributed by atoms with Crippen LogP contribution in [-0.4, -0.2) is 31.5 Å². The molecule has 0 radical (unpaired) electrons. The van der Waals surface area contributed by atoms with Crippen LogP contribution in [0.3, 0.4) is 0 Å². The number of carbonyl (C=O) groups is 3. The Balaban J connectivity index is 1.69. The summed E-state index contributed by atoms with van der Waals surface area (Å²) in [6, 6.07) is 9.77. The molecule has 0 aliphatic rings. The Bertz CT molecular complexity index is 939. The van der Waals surface area contributed by atoms with Gasteiger partial charge in [-0.05, 0) is 58.7 Å². The molecule has 2 aromatic rings. The number of carbonyl (C=O) groups excluding carboxylic acids is 3. The fourth-order valence-corrected chi connectivity index (χ4v) is 2.97. The first-order chi connectivity index (χ1) is 14.3. The minimum Gasteiger partial charge on any atom is -0.495 e. The molecule has 0 atom stereocenters. The lowest BCUT2D eigenvalue weighted by Crippen LogP contribution is -2.21. The molecule has 2 amide bonds. The van der Waals surface area contributed by atoms with E-state index in [1.54, 1.807) is 36.4 Å². The van der Waals surface area contributed by atoms with Crippen molar-refractivity contribution in [1.82, 2.24) is 0 Å². The summed E-state index contributed by atoms with van der Waals surface area (Å²) in [5, 5.41) is 6.16. The summed E-state index contributed by atoms with van der Waals surface area (Å²) < 4.78 is 10.8. The molecule has 10 heteroatoms. The number of esters is 1. The molecule has 0 spiro atoms. The van der Waals surface area contributed by atoms with Crippen LogP contribution in [0.5, 0.6) is 5.75 Å². The molecule has 0 saturated carbocycles. The van der Waals surface area contributed by atoms with E-state index in [9.17, 15) is 14.4 Å². The van der Waals surface area contributed by atoms with E-state index in [-0.39, 0.29) is 25.2 Å². The van der Waals surface area contributed by atoms with Gasteiger partial charge in [-0.15, -0.1) is 0 Å². The highest BCUT2D eigenvalue weighted by Crippen LogP contribution is 2.28. The number of halogens is 3. The molecule has 2 N–H and O–H groups in total. The zero-order valence-electron chi connectivity index (χ0n) is 16.0. The van der Waals surface area contributed by atoms with Crippen molar-refractivity contribution in [3.63, 3.8) is 0 Å². The van der Waals surface area contributed by atoms with Gasteiger partial charge in [0.25, 0.3) is 5.91 Å². The number of amides is 2. The predicted molar refractivity (Wildman–Crippen MR) is 119 cm³/mol. The largest absolute Gasteiger partial charge is 0.495 e. The van der Waals surface area contributed by atoms with Crippen molar-refractivity contribution in [3.8, 4) is 5.75 Å². The summed E-state index contributed by atoms with van der Waals surface area (Å²) >= 11 is 15.1. The van der Waals surface area contributed by atoms with Crippen LogP contribution in [0, 0.1) is 0 Å². The van der Waals surface area contributed by atoms with Gasteiger partial charge in [0.05, 0.1) is 17.8 Å². The van der Waals surface area contributed by atoms with Gasteiger partial charge in [-0.25, -0.2) is 0 Å². The predicted octanol–water partition coefficient (Wildman–Crippen LogP) is 5.06. The van der Waals surface area contributed by atoms with Crippen LogP contribution < -0.4 is 15.4 Å². The molecular weight excluding hydrogens is 499 g/mol. The van der Waals surface area contributed by atoms with Gasteiger partial charge in [-0.2, -0.15) is 0 Å². The third-order valence-corrected chi connectivity index (χ3v) is 5.26. The van der Waals surface area contributed by atoms with Crippen LogP contribution >= 0.6 is 39.1 Å². The monoisotopic (exact) mass is 516 g/mol. The first kappa shape index (κ1) is 24.0. The van der Waals surface area contributed by atoms with Crippen molar-refractivity contribution in [1.29, 1.82) is 0 Å². The van der Waals surface area contributed by atoms with Crippen LogP contribution in [-0.2, 0) is 19.1 Å². The van der Waals surface area contributed by atoms with Crippen LogP contribution in [0.1, 0.15) is 19.3 Å². The molecule has 0 aliphatic carbocycles. The second-order valence-electron chi connectivity index (χ2n) is 6.08. The van der Waals surface area contributed by atoms with Gasteiger partial charge in [-0.1, -0.05) is 23.2 Å². The van der Waals surface area contributed by atoms with E-state index >= 15 is 0 Å². The zero-order valence-corrected chi connectivity index (χ0v) is 19.1. The first-order valence-electron chi connectivity index (χ1n) is 8.82. The second kappa shape index (κ2) is 11.8. The molecular formula is C20H19BrCl2N2O5. The molecule has 0 saturated heterocycles. The summed E-state index contributed by atoms with van der Waals surface area (Å²) in [6.45, 7) is -0.432. The van der Waals surface area contributed by atoms with Crippen LogP contribution in [0.15, 0.2) is 40.9 Å². The maximum Gasteiger partial charge on any atom is 0.306 e. The van der Waals surface area contributed by atoms with Crippen molar-refractivity contribution in [2.45, 2.75) is 19.3 Å². The van der Waals surface area contributed by atoms with E-state index in [0.29, 0.717) is 31.6 Å². The number of anilines is 2. The third kappa shape index (κ3) is 7.85. The SMILES string of the molecule is COc1ccc(Cl)cc1NC(=O)CCCC(=O)OCC(=O)Nc1ccc(Br)c(Cl)c1. The number of hydrogen-bond donors (Lipinski definition) is 2. The Hall–Kier alpha value is -2.29. The average Bonchev–Trinajstić information content (AvgIpc) is 2.69. The Morgan fingerprint density at radius 3 is 2.47 bits per heavy atom. The molecule has 0 heterocycles. The molecule has 30 heavy (non-hydrogen) atoms. The summed E-state index contributed by atoms with van der Waals surface area (Å²) in [6.07, 6.45) is 0.351. The number of rotatable bonds is 9. The van der Waals surface area contributed by atoms with Crippen LogP contribution in [0.4, 0.5) is 11.4 Å². The summed E-state index contributed by atoms with van der Waals surface area (Å²) in [7, 11) is 1.48. The quantitative estimate of drug-likeness (QED) is 0.453. The lowest BCUT2D eigenvalue weighted by atomic mass is 10.2. The van der Waals surface area contributed by atoms with Crippen LogP contribution in [0.25, 0.3) is 0 Å². The van der Waals surface area contributed by atoms with E-state index in [2.05, 4.69) is 26.6 Å². The molecule has 0 bridgehead atoms.